The lowest BCUT2D eigenvalue weighted by Gasteiger charge is -2.35. The summed E-state index contributed by atoms with van der Waals surface area (Å²) in [7, 11) is 0. The van der Waals surface area contributed by atoms with Crippen LogP contribution in [0.3, 0.4) is 0 Å². The molecule has 1 unspecified atom stereocenters. The SMILES string of the molecule is CCCNC(C)(CCN1CCC(OCC)CC1)C(N)=O. The Labute approximate surface area is 123 Å². The zero-order valence-corrected chi connectivity index (χ0v) is 13.3. The number of nitrogens with one attached hydrogen (secondary N) is 1. The molecule has 0 saturated carbocycles. The van der Waals surface area contributed by atoms with Crippen molar-refractivity contribution < 1.29 is 9.53 Å². The third kappa shape index (κ3) is 5.38. The van der Waals surface area contributed by atoms with E-state index in [4.69, 9.17) is 10.5 Å². The van der Waals surface area contributed by atoms with E-state index in [1.165, 1.54) is 0 Å². The van der Waals surface area contributed by atoms with Gasteiger partial charge in [-0.1, -0.05) is 6.92 Å². The van der Waals surface area contributed by atoms with E-state index in [1.807, 2.05) is 13.8 Å². The molecule has 20 heavy (non-hydrogen) atoms. The number of ether oxygens (including phenoxy) is 1. The summed E-state index contributed by atoms with van der Waals surface area (Å²) < 4.78 is 5.65. The fourth-order valence-electron chi connectivity index (χ4n) is 2.62. The molecule has 5 nitrogen and oxygen atoms in total. The second-order valence-electron chi connectivity index (χ2n) is 5.87. The third-order valence-electron chi connectivity index (χ3n) is 4.17. The maximum absolute atomic E-state index is 11.7. The lowest BCUT2D eigenvalue weighted by Crippen LogP contribution is -2.55. The van der Waals surface area contributed by atoms with Crippen LogP contribution < -0.4 is 11.1 Å². The summed E-state index contributed by atoms with van der Waals surface area (Å²) in [5.74, 6) is -0.254. The van der Waals surface area contributed by atoms with Crippen molar-refractivity contribution in [3.63, 3.8) is 0 Å². The summed E-state index contributed by atoms with van der Waals surface area (Å²) >= 11 is 0. The normalized spacial score (nSPS) is 20.8. The first kappa shape index (κ1) is 17.4. The smallest absolute Gasteiger partial charge is 0.237 e. The Balaban J connectivity index is 2.35. The zero-order chi connectivity index (χ0) is 15.0. The maximum Gasteiger partial charge on any atom is 0.237 e. The van der Waals surface area contributed by atoms with Gasteiger partial charge in [-0.3, -0.25) is 4.79 Å². The Hall–Kier alpha value is -0.650. The molecule has 0 aromatic heterocycles. The van der Waals surface area contributed by atoms with E-state index in [2.05, 4.69) is 17.1 Å². The van der Waals surface area contributed by atoms with Crippen LogP contribution in [0.15, 0.2) is 0 Å². The van der Waals surface area contributed by atoms with E-state index in [0.717, 1.165) is 58.5 Å². The average Bonchev–Trinajstić information content (AvgIpc) is 2.44. The molecule has 0 spiro atoms. The van der Waals surface area contributed by atoms with Crippen molar-refractivity contribution in [1.29, 1.82) is 0 Å². The molecule has 3 N–H and O–H groups in total. The number of piperidine rings is 1. The van der Waals surface area contributed by atoms with Crippen LogP contribution in [0.5, 0.6) is 0 Å². The van der Waals surface area contributed by atoms with E-state index in [0.29, 0.717) is 6.10 Å². The Kier molecular flexibility index (Phi) is 7.48. The first-order valence-corrected chi connectivity index (χ1v) is 7.90. The van der Waals surface area contributed by atoms with E-state index < -0.39 is 5.54 Å². The van der Waals surface area contributed by atoms with E-state index >= 15 is 0 Å². The summed E-state index contributed by atoms with van der Waals surface area (Å²) in [5.41, 5.74) is 4.96. The molecule has 1 aliphatic heterocycles. The number of hydrogen-bond donors (Lipinski definition) is 2. The van der Waals surface area contributed by atoms with Gasteiger partial charge in [0.25, 0.3) is 0 Å². The van der Waals surface area contributed by atoms with Gasteiger partial charge in [-0.15, -0.1) is 0 Å². The van der Waals surface area contributed by atoms with Gasteiger partial charge in [0.05, 0.1) is 11.6 Å². The molecule has 5 heteroatoms. The number of rotatable bonds is 9. The van der Waals surface area contributed by atoms with Crippen LogP contribution in [0.1, 0.15) is 46.5 Å². The van der Waals surface area contributed by atoms with E-state index in [1.54, 1.807) is 0 Å². The Bertz CT molecular complexity index is 291. The fourth-order valence-corrected chi connectivity index (χ4v) is 2.62. The van der Waals surface area contributed by atoms with Crippen molar-refractivity contribution in [2.75, 3.05) is 32.8 Å². The van der Waals surface area contributed by atoms with Gasteiger partial charge in [0.15, 0.2) is 0 Å². The van der Waals surface area contributed by atoms with Crippen LogP contribution in [-0.4, -0.2) is 55.2 Å². The van der Waals surface area contributed by atoms with Crippen LogP contribution in [0.4, 0.5) is 0 Å². The molecule has 0 aliphatic carbocycles. The van der Waals surface area contributed by atoms with Crippen molar-refractivity contribution in [1.82, 2.24) is 10.2 Å². The molecule has 1 aliphatic rings. The van der Waals surface area contributed by atoms with Gasteiger partial charge in [-0.2, -0.15) is 0 Å². The molecule has 1 atom stereocenters. The Morgan fingerprint density at radius 2 is 2.05 bits per heavy atom. The number of nitrogens with zero attached hydrogens (tertiary/aromatic N) is 1. The summed E-state index contributed by atoms with van der Waals surface area (Å²) in [5, 5.41) is 3.29. The molecule has 0 bridgehead atoms. The highest BCUT2D eigenvalue weighted by Gasteiger charge is 2.31. The van der Waals surface area contributed by atoms with Crippen LogP contribution in [-0.2, 0) is 9.53 Å². The number of hydrogen-bond acceptors (Lipinski definition) is 4. The molecule has 0 radical (unpaired) electrons. The van der Waals surface area contributed by atoms with Crippen molar-refractivity contribution in [3.05, 3.63) is 0 Å². The minimum atomic E-state index is -0.590. The zero-order valence-electron chi connectivity index (χ0n) is 13.3. The summed E-state index contributed by atoms with van der Waals surface area (Å²) in [4.78, 5) is 14.1. The van der Waals surface area contributed by atoms with E-state index in [9.17, 15) is 4.79 Å². The molecule has 0 aromatic carbocycles. The molecule has 1 amide bonds. The minimum absolute atomic E-state index is 0.254. The Morgan fingerprint density at radius 3 is 2.55 bits per heavy atom. The molecule has 0 aromatic rings. The van der Waals surface area contributed by atoms with Gasteiger partial charge >= 0.3 is 0 Å². The molecular weight excluding hydrogens is 254 g/mol. The van der Waals surface area contributed by atoms with Crippen molar-refractivity contribution >= 4 is 5.91 Å². The van der Waals surface area contributed by atoms with Crippen LogP contribution >= 0.6 is 0 Å². The lowest BCUT2D eigenvalue weighted by molar-refractivity contribution is -0.124. The number of carbonyl (C=O) groups excluding carboxylic acids is 1. The largest absolute Gasteiger partial charge is 0.378 e. The number of amides is 1. The lowest BCUT2D eigenvalue weighted by atomic mass is 9.95. The average molecular weight is 285 g/mol. The van der Waals surface area contributed by atoms with Crippen molar-refractivity contribution in [2.45, 2.75) is 58.1 Å². The van der Waals surface area contributed by atoms with Crippen LogP contribution in [0, 0.1) is 0 Å². The van der Waals surface area contributed by atoms with Gasteiger partial charge in [0, 0.05) is 26.2 Å². The standard InChI is InChI=1S/C15H31N3O2/c1-4-9-17-15(3,14(16)19)8-12-18-10-6-13(7-11-18)20-5-2/h13,17H,4-12H2,1-3H3,(H2,16,19). The number of primary amides is 1. The number of likely N-dealkylation sites (tertiary alicyclic amines) is 1. The summed E-state index contributed by atoms with van der Waals surface area (Å²) in [6.45, 7) is 10.7. The summed E-state index contributed by atoms with van der Waals surface area (Å²) in [6.07, 6.45) is 4.36. The maximum atomic E-state index is 11.7. The van der Waals surface area contributed by atoms with Gasteiger partial charge in [-0.25, -0.2) is 0 Å². The molecule has 118 valence electrons. The van der Waals surface area contributed by atoms with Gasteiger partial charge < -0.3 is 20.7 Å². The number of carbonyl (C=O) groups is 1. The predicted molar refractivity (Wildman–Crippen MR) is 81.6 cm³/mol. The van der Waals surface area contributed by atoms with Crippen molar-refractivity contribution in [3.8, 4) is 0 Å². The molecule has 1 rings (SSSR count). The first-order chi connectivity index (χ1) is 9.51. The molecular formula is C15H31N3O2. The van der Waals surface area contributed by atoms with Gasteiger partial charge in [0.2, 0.25) is 5.91 Å². The number of nitrogens with two attached hydrogens (primary N) is 1. The van der Waals surface area contributed by atoms with E-state index in [-0.39, 0.29) is 5.91 Å². The highest BCUT2D eigenvalue weighted by Crippen LogP contribution is 2.16. The quantitative estimate of drug-likeness (QED) is 0.666. The monoisotopic (exact) mass is 285 g/mol. The first-order valence-electron chi connectivity index (χ1n) is 7.90. The van der Waals surface area contributed by atoms with Crippen LogP contribution in [0.2, 0.25) is 0 Å². The summed E-state index contributed by atoms with van der Waals surface area (Å²) in [6, 6.07) is 0. The Morgan fingerprint density at radius 1 is 1.40 bits per heavy atom. The third-order valence-corrected chi connectivity index (χ3v) is 4.17. The fraction of sp³-hybridized carbons (Fsp3) is 0.933. The second-order valence-corrected chi connectivity index (χ2v) is 5.87. The van der Waals surface area contributed by atoms with Crippen molar-refractivity contribution in [2.24, 2.45) is 5.73 Å². The topological polar surface area (TPSA) is 67.6 Å². The molecule has 1 heterocycles. The highest BCUT2D eigenvalue weighted by atomic mass is 16.5. The molecule has 1 fully saturated rings. The van der Waals surface area contributed by atoms with Gasteiger partial charge in [0.1, 0.15) is 0 Å². The van der Waals surface area contributed by atoms with Gasteiger partial charge in [-0.05, 0) is 46.1 Å². The highest BCUT2D eigenvalue weighted by molar-refractivity contribution is 5.84. The minimum Gasteiger partial charge on any atom is -0.378 e. The van der Waals surface area contributed by atoms with Crippen LogP contribution in [0.25, 0.3) is 0 Å². The predicted octanol–water partition coefficient (Wildman–Crippen LogP) is 1.12. The second kappa shape index (κ2) is 8.60. The molecule has 1 saturated heterocycles.